The molecule has 0 fully saturated rings. The van der Waals surface area contributed by atoms with E-state index in [-0.39, 0.29) is 0 Å². The zero-order valence-electron chi connectivity index (χ0n) is 28.7. The number of hydrogen-bond acceptors (Lipinski definition) is 4. The topological polar surface area (TPSA) is 46.8 Å². The standard InChI is InChI=1S/C48H31N5/c1-2-17-38(18-3-1)53-43-21-11-10-20-40(43)42-27-26-41-39-19-9-8-16-37(39)30-52(44(41)45(42)53)48-50-46(35-24-22-31-12-4-6-14-33(31)28-35)49-47(51-48)36-25-23-32-13-5-7-15-34(32)29-36/h1-29H,30H2. The Balaban J connectivity index is 1.22. The molecule has 2 aromatic heterocycles. The summed E-state index contributed by atoms with van der Waals surface area (Å²) in [5.41, 5.74) is 9.98. The lowest BCUT2D eigenvalue weighted by Crippen LogP contribution is -2.25. The van der Waals surface area contributed by atoms with Crippen LogP contribution in [0.1, 0.15) is 5.56 Å². The smallest absolute Gasteiger partial charge is 0.234 e. The zero-order chi connectivity index (χ0) is 34.9. The molecule has 5 heteroatoms. The molecular formula is C48H31N5. The molecule has 10 aromatic rings. The molecule has 0 N–H and O–H groups in total. The van der Waals surface area contributed by atoms with E-state index in [2.05, 4.69) is 185 Å². The summed E-state index contributed by atoms with van der Waals surface area (Å²) in [5, 5.41) is 7.04. The lowest BCUT2D eigenvalue weighted by Gasteiger charge is -2.32. The van der Waals surface area contributed by atoms with Crippen molar-refractivity contribution >= 4 is 55.0 Å². The van der Waals surface area contributed by atoms with E-state index in [1.807, 2.05) is 0 Å². The molecule has 0 saturated heterocycles. The minimum Gasteiger partial charge on any atom is -0.307 e. The molecule has 0 radical (unpaired) electrons. The SMILES string of the molecule is c1ccc(-n2c3ccccc3c3ccc4c(c32)N(c2nc(-c3ccc5ccccc5c3)nc(-c3ccc5ccccc5c3)n2)Cc2ccccc2-4)cc1. The average molecular weight is 678 g/mol. The fourth-order valence-electron chi connectivity index (χ4n) is 8.12. The molecular weight excluding hydrogens is 647 g/mol. The Bertz CT molecular complexity index is 2960. The number of anilines is 2. The van der Waals surface area contributed by atoms with Crippen LogP contribution >= 0.6 is 0 Å². The fraction of sp³-hybridized carbons (Fsp3) is 0.0208. The fourth-order valence-corrected chi connectivity index (χ4v) is 8.12. The number of hydrogen-bond donors (Lipinski definition) is 0. The summed E-state index contributed by atoms with van der Waals surface area (Å²) < 4.78 is 2.40. The highest BCUT2D eigenvalue weighted by atomic mass is 15.3. The third-order valence-electron chi connectivity index (χ3n) is 10.6. The monoisotopic (exact) mass is 677 g/mol. The van der Waals surface area contributed by atoms with E-state index in [4.69, 9.17) is 15.0 Å². The Morgan fingerprint density at radius 2 is 1.04 bits per heavy atom. The Morgan fingerprint density at radius 1 is 0.434 bits per heavy atom. The first-order valence-electron chi connectivity index (χ1n) is 18.0. The Labute approximate surface area is 306 Å². The minimum atomic E-state index is 0.608. The van der Waals surface area contributed by atoms with Crippen LogP contribution in [0.4, 0.5) is 11.6 Å². The summed E-state index contributed by atoms with van der Waals surface area (Å²) >= 11 is 0. The van der Waals surface area contributed by atoms with E-state index in [1.165, 1.54) is 32.7 Å². The summed E-state index contributed by atoms with van der Waals surface area (Å²) in [6.45, 7) is 0.608. The van der Waals surface area contributed by atoms with E-state index < -0.39 is 0 Å². The predicted octanol–water partition coefficient (Wildman–Crippen LogP) is 11.9. The van der Waals surface area contributed by atoms with Crippen molar-refractivity contribution in [1.82, 2.24) is 19.5 Å². The van der Waals surface area contributed by atoms with Gasteiger partial charge in [-0.25, -0.2) is 4.98 Å². The number of para-hydroxylation sites is 2. The van der Waals surface area contributed by atoms with Crippen molar-refractivity contribution in [3.8, 4) is 39.6 Å². The van der Waals surface area contributed by atoms with Crippen LogP contribution in [0.15, 0.2) is 176 Å². The quantitative estimate of drug-likeness (QED) is 0.186. The van der Waals surface area contributed by atoms with Gasteiger partial charge >= 0.3 is 0 Å². The first-order chi connectivity index (χ1) is 26.3. The molecule has 0 spiro atoms. The summed E-state index contributed by atoms with van der Waals surface area (Å²) in [4.78, 5) is 18.2. The first kappa shape index (κ1) is 29.6. The highest BCUT2D eigenvalue weighted by Gasteiger charge is 2.30. The van der Waals surface area contributed by atoms with Crippen molar-refractivity contribution in [2.24, 2.45) is 0 Å². The molecule has 0 amide bonds. The second-order valence-corrected chi connectivity index (χ2v) is 13.7. The van der Waals surface area contributed by atoms with Gasteiger partial charge in [-0.1, -0.05) is 146 Å². The van der Waals surface area contributed by atoms with Gasteiger partial charge in [0, 0.05) is 33.2 Å². The van der Waals surface area contributed by atoms with Gasteiger partial charge in [0.25, 0.3) is 0 Å². The molecule has 8 aromatic carbocycles. The number of nitrogens with zero attached hydrogens (tertiary/aromatic N) is 5. The maximum absolute atomic E-state index is 5.35. The third kappa shape index (κ3) is 4.75. The van der Waals surface area contributed by atoms with Gasteiger partial charge in [0.2, 0.25) is 5.95 Å². The van der Waals surface area contributed by atoms with Gasteiger partial charge in [-0.05, 0) is 63.0 Å². The van der Waals surface area contributed by atoms with Crippen molar-refractivity contribution in [2.45, 2.75) is 6.54 Å². The van der Waals surface area contributed by atoms with Gasteiger partial charge in [-0.2, -0.15) is 9.97 Å². The van der Waals surface area contributed by atoms with Crippen LogP contribution in [0, 0.1) is 0 Å². The average Bonchev–Trinajstić information content (AvgIpc) is 3.58. The summed E-state index contributed by atoms with van der Waals surface area (Å²) in [6.07, 6.45) is 0. The van der Waals surface area contributed by atoms with Gasteiger partial charge in [0.15, 0.2) is 11.6 Å². The number of fused-ring (bicyclic) bond motifs is 9. The lowest BCUT2D eigenvalue weighted by atomic mass is 9.92. The van der Waals surface area contributed by atoms with E-state index >= 15 is 0 Å². The molecule has 5 nitrogen and oxygen atoms in total. The third-order valence-corrected chi connectivity index (χ3v) is 10.6. The molecule has 3 heterocycles. The minimum absolute atomic E-state index is 0.608. The van der Waals surface area contributed by atoms with Gasteiger partial charge < -0.3 is 9.47 Å². The van der Waals surface area contributed by atoms with Crippen LogP contribution in [0.5, 0.6) is 0 Å². The van der Waals surface area contributed by atoms with Crippen LogP contribution in [0.3, 0.4) is 0 Å². The molecule has 0 atom stereocenters. The van der Waals surface area contributed by atoms with Crippen molar-refractivity contribution in [3.05, 3.63) is 181 Å². The molecule has 0 saturated carbocycles. The molecule has 53 heavy (non-hydrogen) atoms. The zero-order valence-corrected chi connectivity index (χ0v) is 28.7. The van der Waals surface area contributed by atoms with Crippen molar-refractivity contribution in [1.29, 1.82) is 0 Å². The number of benzene rings is 8. The summed E-state index contributed by atoms with van der Waals surface area (Å²) in [6, 6.07) is 62.4. The van der Waals surface area contributed by atoms with Crippen LogP contribution in [-0.4, -0.2) is 19.5 Å². The van der Waals surface area contributed by atoms with Gasteiger partial charge in [-0.3, -0.25) is 0 Å². The molecule has 1 aliphatic heterocycles. The van der Waals surface area contributed by atoms with E-state index in [1.54, 1.807) is 0 Å². The van der Waals surface area contributed by atoms with Gasteiger partial charge in [-0.15, -0.1) is 0 Å². The van der Waals surface area contributed by atoms with Crippen LogP contribution in [-0.2, 0) is 6.54 Å². The predicted molar refractivity (Wildman–Crippen MR) is 218 cm³/mol. The van der Waals surface area contributed by atoms with Gasteiger partial charge in [0.05, 0.1) is 23.3 Å². The maximum atomic E-state index is 5.35. The number of rotatable bonds is 4. The van der Waals surface area contributed by atoms with Crippen molar-refractivity contribution in [2.75, 3.05) is 4.90 Å². The highest BCUT2D eigenvalue weighted by Crippen LogP contribution is 2.49. The number of aromatic nitrogens is 4. The Morgan fingerprint density at radius 3 is 1.75 bits per heavy atom. The highest BCUT2D eigenvalue weighted by molar-refractivity contribution is 6.17. The second-order valence-electron chi connectivity index (χ2n) is 13.7. The maximum Gasteiger partial charge on any atom is 0.234 e. The normalized spacial score (nSPS) is 12.4. The Hall–Kier alpha value is -7.11. The lowest BCUT2D eigenvalue weighted by molar-refractivity contribution is 0.891. The molecule has 1 aliphatic rings. The summed E-state index contributed by atoms with van der Waals surface area (Å²) in [5.74, 6) is 1.89. The molecule has 0 unspecified atom stereocenters. The largest absolute Gasteiger partial charge is 0.307 e. The Kier molecular flexibility index (Phi) is 6.55. The molecule has 0 bridgehead atoms. The van der Waals surface area contributed by atoms with Crippen molar-refractivity contribution < 1.29 is 0 Å². The summed E-state index contributed by atoms with van der Waals surface area (Å²) in [7, 11) is 0. The van der Waals surface area contributed by atoms with E-state index in [9.17, 15) is 0 Å². The van der Waals surface area contributed by atoms with Crippen molar-refractivity contribution in [3.63, 3.8) is 0 Å². The second kappa shape index (κ2) is 11.7. The van der Waals surface area contributed by atoms with Crippen LogP contribution in [0.2, 0.25) is 0 Å². The first-order valence-corrected chi connectivity index (χ1v) is 18.0. The van der Waals surface area contributed by atoms with Crippen LogP contribution < -0.4 is 4.90 Å². The van der Waals surface area contributed by atoms with E-state index in [0.717, 1.165) is 49.9 Å². The molecule has 11 rings (SSSR count). The van der Waals surface area contributed by atoms with Crippen LogP contribution in [0.25, 0.3) is 82.9 Å². The van der Waals surface area contributed by atoms with Gasteiger partial charge in [0.1, 0.15) is 0 Å². The van der Waals surface area contributed by atoms with E-state index in [0.29, 0.717) is 24.1 Å². The molecule has 248 valence electrons. The molecule has 0 aliphatic carbocycles.